The lowest BCUT2D eigenvalue weighted by Crippen LogP contribution is -2.29. The fourth-order valence-corrected chi connectivity index (χ4v) is 2.38. The van der Waals surface area contributed by atoms with E-state index < -0.39 is 10.0 Å². The third-order valence-corrected chi connectivity index (χ3v) is 3.71. The van der Waals surface area contributed by atoms with Gasteiger partial charge in [-0.05, 0) is 26.3 Å². The summed E-state index contributed by atoms with van der Waals surface area (Å²) in [5.41, 5.74) is 0.343. The first kappa shape index (κ1) is 15.7. The Hall–Kier alpha value is -1.34. The van der Waals surface area contributed by atoms with Gasteiger partial charge in [-0.25, -0.2) is 13.6 Å². The van der Waals surface area contributed by atoms with E-state index in [9.17, 15) is 13.2 Å². The lowest BCUT2D eigenvalue weighted by molar-refractivity contribution is 0.0783. The molecule has 1 rings (SSSR count). The second kappa shape index (κ2) is 5.75. The summed E-state index contributed by atoms with van der Waals surface area (Å²) >= 11 is 0. The molecule has 0 saturated heterocycles. The van der Waals surface area contributed by atoms with E-state index in [0.717, 1.165) is 6.42 Å². The van der Waals surface area contributed by atoms with E-state index in [0.29, 0.717) is 12.2 Å². The molecular formula is C12H21N3O3S. The van der Waals surface area contributed by atoms with Crippen molar-refractivity contribution in [3.8, 4) is 0 Å². The third kappa shape index (κ3) is 3.57. The topological polar surface area (TPSA) is 85.4 Å². The van der Waals surface area contributed by atoms with Crippen molar-refractivity contribution in [1.29, 1.82) is 0 Å². The minimum atomic E-state index is -3.80. The van der Waals surface area contributed by atoms with Crippen molar-refractivity contribution in [2.24, 2.45) is 5.14 Å². The lowest BCUT2D eigenvalue weighted by atomic mass is 10.3. The van der Waals surface area contributed by atoms with Crippen molar-refractivity contribution in [2.45, 2.75) is 38.1 Å². The molecule has 1 aromatic rings. The lowest BCUT2D eigenvalue weighted by Gasteiger charge is -2.19. The minimum Gasteiger partial charge on any atom is -0.340 e. The normalized spacial score (nSPS) is 11.9. The molecule has 0 fully saturated rings. The molecule has 19 heavy (non-hydrogen) atoms. The predicted octanol–water partition coefficient (Wildman–Crippen LogP) is 1.20. The second-order valence-electron chi connectivity index (χ2n) is 4.83. The number of aromatic nitrogens is 1. The largest absolute Gasteiger partial charge is 0.340 e. The average molecular weight is 287 g/mol. The molecule has 0 saturated carbocycles. The number of carbonyl (C=O) groups excluding carboxylic acids is 1. The van der Waals surface area contributed by atoms with E-state index in [1.807, 2.05) is 20.8 Å². The van der Waals surface area contributed by atoms with Gasteiger partial charge in [-0.3, -0.25) is 4.79 Å². The summed E-state index contributed by atoms with van der Waals surface area (Å²) in [5.74, 6) is -0.203. The maximum Gasteiger partial charge on any atom is 0.270 e. The van der Waals surface area contributed by atoms with Gasteiger partial charge in [0.25, 0.3) is 5.91 Å². The number of primary sulfonamides is 1. The molecule has 1 heterocycles. The molecule has 0 spiro atoms. The van der Waals surface area contributed by atoms with E-state index in [2.05, 4.69) is 0 Å². The van der Waals surface area contributed by atoms with Crippen LogP contribution in [0.3, 0.4) is 0 Å². The van der Waals surface area contributed by atoms with E-state index in [-0.39, 0.29) is 16.8 Å². The predicted molar refractivity (Wildman–Crippen MR) is 73.4 cm³/mol. The maximum atomic E-state index is 12.3. The van der Waals surface area contributed by atoms with Crippen LogP contribution in [0.2, 0.25) is 0 Å². The molecule has 7 heteroatoms. The SMILES string of the molecule is CCCN(C)C(=O)c1cc(S(N)(=O)=O)cn1C(C)C. The van der Waals surface area contributed by atoms with Gasteiger partial charge in [-0.1, -0.05) is 6.92 Å². The summed E-state index contributed by atoms with van der Waals surface area (Å²) in [4.78, 5) is 13.8. The number of rotatable bonds is 5. The van der Waals surface area contributed by atoms with Gasteiger partial charge < -0.3 is 9.47 Å². The Morgan fingerprint density at radius 2 is 2.05 bits per heavy atom. The quantitative estimate of drug-likeness (QED) is 0.883. The molecule has 0 radical (unpaired) electrons. The first-order valence-corrected chi connectivity index (χ1v) is 7.73. The fourth-order valence-electron chi connectivity index (χ4n) is 1.84. The highest BCUT2D eigenvalue weighted by Crippen LogP contribution is 2.19. The van der Waals surface area contributed by atoms with Crippen molar-refractivity contribution in [3.05, 3.63) is 18.0 Å². The van der Waals surface area contributed by atoms with E-state index in [1.165, 1.54) is 12.3 Å². The van der Waals surface area contributed by atoms with E-state index in [1.54, 1.807) is 16.5 Å². The van der Waals surface area contributed by atoms with Gasteiger partial charge in [-0.15, -0.1) is 0 Å². The van der Waals surface area contributed by atoms with Crippen LogP contribution in [0.15, 0.2) is 17.2 Å². The molecule has 2 N–H and O–H groups in total. The molecule has 0 aliphatic rings. The fraction of sp³-hybridized carbons (Fsp3) is 0.583. The van der Waals surface area contributed by atoms with Crippen LogP contribution in [0.5, 0.6) is 0 Å². The van der Waals surface area contributed by atoms with Crippen LogP contribution in [0.4, 0.5) is 0 Å². The first-order chi connectivity index (χ1) is 8.68. The zero-order valence-corrected chi connectivity index (χ0v) is 12.6. The summed E-state index contributed by atoms with van der Waals surface area (Å²) in [6.45, 7) is 6.35. The standard InChI is InChI=1S/C12H21N3O3S/c1-5-6-14(4)12(16)11-7-10(19(13,17)18)8-15(11)9(2)3/h7-9H,5-6H2,1-4H3,(H2,13,17,18). The van der Waals surface area contributed by atoms with Gasteiger partial charge in [0.1, 0.15) is 10.6 Å². The van der Waals surface area contributed by atoms with Crippen molar-refractivity contribution >= 4 is 15.9 Å². The Balaban J connectivity index is 3.26. The molecule has 0 bridgehead atoms. The summed E-state index contributed by atoms with van der Waals surface area (Å²) in [5, 5.41) is 5.11. The summed E-state index contributed by atoms with van der Waals surface area (Å²) in [6, 6.07) is 1.31. The van der Waals surface area contributed by atoms with Gasteiger partial charge in [-0.2, -0.15) is 0 Å². The molecule has 0 unspecified atom stereocenters. The summed E-state index contributed by atoms with van der Waals surface area (Å²) < 4.78 is 24.4. The smallest absolute Gasteiger partial charge is 0.270 e. The molecule has 0 atom stereocenters. The number of carbonyl (C=O) groups is 1. The number of nitrogens with zero attached hydrogens (tertiary/aromatic N) is 2. The molecule has 108 valence electrons. The highest BCUT2D eigenvalue weighted by Gasteiger charge is 2.22. The van der Waals surface area contributed by atoms with Crippen LogP contribution in [0.1, 0.15) is 43.7 Å². The number of hydrogen-bond donors (Lipinski definition) is 1. The Labute approximate surface area is 114 Å². The van der Waals surface area contributed by atoms with Gasteiger partial charge >= 0.3 is 0 Å². The molecule has 6 nitrogen and oxygen atoms in total. The van der Waals surface area contributed by atoms with Crippen molar-refractivity contribution < 1.29 is 13.2 Å². The van der Waals surface area contributed by atoms with Crippen LogP contribution in [-0.4, -0.2) is 37.4 Å². The number of amides is 1. The van der Waals surface area contributed by atoms with Crippen LogP contribution in [0, 0.1) is 0 Å². The molecule has 0 aliphatic heterocycles. The first-order valence-electron chi connectivity index (χ1n) is 6.18. The molecule has 1 amide bonds. The Morgan fingerprint density at radius 1 is 1.47 bits per heavy atom. The average Bonchev–Trinajstić information content (AvgIpc) is 2.72. The van der Waals surface area contributed by atoms with Crippen molar-refractivity contribution in [1.82, 2.24) is 9.47 Å². The van der Waals surface area contributed by atoms with Crippen LogP contribution < -0.4 is 5.14 Å². The summed E-state index contributed by atoms with van der Waals surface area (Å²) in [6.07, 6.45) is 2.25. The number of sulfonamides is 1. The zero-order chi connectivity index (χ0) is 14.8. The minimum absolute atomic E-state index is 0.0236. The number of nitrogens with two attached hydrogens (primary N) is 1. The van der Waals surface area contributed by atoms with E-state index >= 15 is 0 Å². The molecular weight excluding hydrogens is 266 g/mol. The van der Waals surface area contributed by atoms with E-state index in [4.69, 9.17) is 5.14 Å². The molecule has 1 aromatic heterocycles. The monoisotopic (exact) mass is 287 g/mol. The van der Waals surface area contributed by atoms with Gasteiger partial charge in [0.15, 0.2) is 0 Å². The Morgan fingerprint density at radius 3 is 2.47 bits per heavy atom. The van der Waals surface area contributed by atoms with Gasteiger partial charge in [0, 0.05) is 25.8 Å². The van der Waals surface area contributed by atoms with Gasteiger partial charge in [0.05, 0.1) is 0 Å². The van der Waals surface area contributed by atoms with Crippen LogP contribution in [-0.2, 0) is 10.0 Å². The van der Waals surface area contributed by atoms with Gasteiger partial charge in [0.2, 0.25) is 10.0 Å². The highest BCUT2D eigenvalue weighted by atomic mass is 32.2. The van der Waals surface area contributed by atoms with Crippen molar-refractivity contribution in [3.63, 3.8) is 0 Å². The van der Waals surface area contributed by atoms with Crippen LogP contribution >= 0.6 is 0 Å². The summed E-state index contributed by atoms with van der Waals surface area (Å²) in [7, 11) is -2.11. The second-order valence-corrected chi connectivity index (χ2v) is 6.40. The molecule has 0 aliphatic carbocycles. The maximum absolute atomic E-state index is 12.3. The van der Waals surface area contributed by atoms with Crippen molar-refractivity contribution in [2.75, 3.05) is 13.6 Å². The molecule has 0 aromatic carbocycles. The third-order valence-electron chi connectivity index (χ3n) is 2.83. The Bertz CT molecular complexity index is 561. The zero-order valence-electron chi connectivity index (χ0n) is 11.8. The van der Waals surface area contributed by atoms with Crippen LogP contribution in [0.25, 0.3) is 0 Å². The number of hydrogen-bond acceptors (Lipinski definition) is 3. The Kier molecular flexibility index (Phi) is 4.75. The highest BCUT2D eigenvalue weighted by molar-refractivity contribution is 7.89.